The van der Waals surface area contributed by atoms with Crippen LogP contribution in [0, 0.1) is 17.7 Å². The molecule has 0 aliphatic carbocycles. The Hall–Kier alpha value is -3.22. The van der Waals surface area contributed by atoms with Gasteiger partial charge < -0.3 is 15.2 Å². The number of rotatable bonds is 6. The van der Waals surface area contributed by atoms with Crippen LogP contribution in [0.15, 0.2) is 48.5 Å². The van der Waals surface area contributed by atoms with Gasteiger partial charge in [0.2, 0.25) is 11.8 Å². The molecule has 1 saturated heterocycles. The van der Waals surface area contributed by atoms with Crippen molar-refractivity contribution in [3.8, 4) is 0 Å². The molecule has 30 heavy (non-hydrogen) atoms. The number of H-pyrrole nitrogens is 1. The molecule has 2 amide bonds. The number of aromatic nitrogens is 2. The van der Waals surface area contributed by atoms with E-state index in [2.05, 4.69) is 29.1 Å². The molecule has 3 unspecified atom stereocenters. The Kier molecular flexibility index (Phi) is 5.53. The fourth-order valence-electron chi connectivity index (χ4n) is 3.89. The van der Waals surface area contributed by atoms with Gasteiger partial charge in [0.15, 0.2) is 0 Å². The van der Waals surface area contributed by atoms with Crippen LogP contribution in [0.5, 0.6) is 0 Å². The number of hydrogen-bond donors (Lipinski definition) is 2. The molecule has 3 atom stereocenters. The molecule has 7 heteroatoms. The third kappa shape index (κ3) is 3.79. The molecule has 0 bridgehead atoms. The monoisotopic (exact) mass is 408 g/mol. The standard InChI is InChI=1S/C23H25FN4O2/c1-3-14(2)21(22-25-17-9-5-6-10-18(17)26-22)27-23(30)15-12-20(29)28(13-15)19-11-7-4-8-16(19)24/h4-11,14-15,21H,3,12-13H2,1-2H3,(H,25,26)(H,27,30). The van der Waals surface area contributed by atoms with Gasteiger partial charge in [0, 0.05) is 13.0 Å². The number of carbonyl (C=O) groups is 2. The van der Waals surface area contributed by atoms with E-state index in [1.54, 1.807) is 18.2 Å². The highest BCUT2D eigenvalue weighted by Crippen LogP contribution is 2.29. The average Bonchev–Trinajstić information content (AvgIpc) is 3.35. The quantitative estimate of drug-likeness (QED) is 0.648. The highest BCUT2D eigenvalue weighted by atomic mass is 19.1. The van der Waals surface area contributed by atoms with Crippen LogP contribution in [-0.2, 0) is 9.59 Å². The molecule has 1 aliphatic rings. The number of nitrogens with one attached hydrogen (secondary N) is 2. The second-order valence-corrected chi connectivity index (χ2v) is 7.87. The van der Waals surface area contributed by atoms with Gasteiger partial charge in [-0.25, -0.2) is 9.37 Å². The number of halogens is 1. The number of amides is 2. The molecule has 1 aromatic heterocycles. The lowest BCUT2D eigenvalue weighted by Gasteiger charge is -2.24. The zero-order valence-corrected chi connectivity index (χ0v) is 17.1. The highest BCUT2D eigenvalue weighted by Gasteiger charge is 2.37. The predicted octanol–water partition coefficient (Wildman–Crippen LogP) is 3.96. The number of carbonyl (C=O) groups excluding carboxylic acids is 2. The van der Waals surface area contributed by atoms with Gasteiger partial charge >= 0.3 is 0 Å². The molecule has 0 radical (unpaired) electrons. The SMILES string of the molecule is CCC(C)C(NC(=O)C1CC(=O)N(c2ccccc2F)C1)c1nc2ccccc2[nH]1. The topological polar surface area (TPSA) is 78.1 Å². The summed E-state index contributed by atoms with van der Waals surface area (Å²) in [7, 11) is 0. The Morgan fingerprint density at radius 2 is 2.00 bits per heavy atom. The Morgan fingerprint density at radius 1 is 1.27 bits per heavy atom. The third-order valence-electron chi connectivity index (χ3n) is 5.85. The fraction of sp³-hybridized carbons (Fsp3) is 0.348. The predicted molar refractivity (Wildman–Crippen MR) is 113 cm³/mol. The van der Waals surface area contributed by atoms with Crippen molar-refractivity contribution in [1.29, 1.82) is 0 Å². The molecule has 0 spiro atoms. The van der Waals surface area contributed by atoms with Crippen molar-refractivity contribution in [2.45, 2.75) is 32.7 Å². The minimum Gasteiger partial charge on any atom is -0.346 e. The molecule has 3 aromatic rings. The van der Waals surface area contributed by atoms with Crippen molar-refractivity contribution in [3.05, 3.63) is 60.2 Å². The van der Waals surface area contributed by atoms with Crippen LogP contribution in [0.25, 0.3) is 11.0 Å². The lowest BCUT2D eigenvalue weighted by atomic mass is 9.97. The van der Waals surface area contributed by atoms with Gasteiger partial charge in [-0.05, 0) is 30.2 Å². The fourth-order valence-corrected chi connectivity index (χ4v) is 3.89. The van der Waals surface area contributed by atoms with Crippen molar-refractivity contribution >= 4 is 28.5 Å². The highest BCUT2D eigenvalue weighted by molar-refractivity contribution is 6.00. The van der Waals surface area contributed by atoms with E-state index < -0.39 is 11.7 Å². The molecule has 2 heterocycles. The van der Waals surface area contributed by atoms with Crippen LogP contribution in [0.3, 0.4) is 0 Å². The maximum atomic E-state index is 14.1. The Morgan fingerprint density at radius 3 is 2.73 bits per heavy atom. The summed E-state index contributed by atoms with van der Waals surface area (Å²) in [5.41, 5.74) is 1.97. The summed E-state index contributed by atoms with van der Waals surface area (Å²) in [5.74, 6) is -0.611. The second-order valence-electron chi connectivity index (χ2n) is 7.87. The van der Waals surface area contributed by atoms with Gasteiger partial charge in [-0.3, -0.25) is 9.59 Å². The Balaban J connectivity index is 1.53. The number of fused-ring (bicyclic) bond motifs is 1. The molecular weight excluding hydrogens is 383 g/mol. The molecule has 0 saturated carbocycles. The molecule has 1 fully saturated rings. The van der Waals surface area contributed by atoms with Gasteiger partial charge in [-0.2, -0.15) is 0 Å². The molecule has 4 rings (SSSR count). The Labute approximate surface area is 174 Å². The largest absolute Gasteiger partial charge is 0.346 e. The van der Waals surface area contributed by atoms with Crippen LogP contribution < -0.4 is 10.2 Å². The van der Waals surface area contributed by atoms with Gasteiger partial charge in [0.25, 0.3) is 0 Å². The molecular formula is C23H25FN4O2. The Bertz CT molecular complexity index is 1050. The maximum Gasteiger partial charge on any atom is 0.227 e. The van der Waals surface area contributed by atoms with E-state index >= 15 is 0 Å². The summed E-state index contributed by atoms with van der Waals surface area (Å²) in [6, 6.07) is 13.6. The normalized spacial score (nSPS) is 18.6. The number of hydrogen-bond acceptors (Lipinski definition) is 3. The number of aromatic amines is 1. The molecule has 156 valence electrons. The minimum atomic E-state index is -0.534. The van der Waals surface area contributed by atoms with Crippen molar-refractivity contribution < 1.29 is 14.0 Å². The molecule has 2 aromatic carbocycles. The van der Waals surface area contributed by atoms with Crippen LogP contribution in [0.4, 0.5) is 10.1 Å². The number of imidazole rings is 1. The van der Waals surface area contributed by atoms with Crippen LogP contribution in [0.1, 0.15) is 38.6 Å². The zero-order valence-electron chi connectivity index (χ0n) is 17.1. The second kappa shape index (κ2) is 8.26. The van der Waals surface area contributed by atoms with Crippen molar-refractivity contribution in [1.82, 2.24) is 15.3 Å². The summed E-state index contributed by atoms with van der Waals surface area (Å²) < 4.78 is 14.1. The first-order chi connectivity index (χ1) is 14.5. The molecule has 2 N–H and O–H groups in total. The number of para-hydroxylation sites is 3. The van der Waals surface area contributed by atoms with Crippen molar-refractivity contribution in [2.24, 2.45) is 11.8 Å². The first kappa shape index (κ1) is 20.1. The van der Waals surface area contributed by atoms with E-state index in [0.29, 0.717) is 5.82 Å². The van der Waals surface area contributed by atoms with Crippen molar-refractivity contribution in [3.63, 3.8) is 0 Å². The summed E-state index contributed by atoms with van der Waals surface area (Å²) in [5, 5.41) is 3.09. The summed E-state index contributed by atoms with van der Waals surface area (Å²) in [4.78, 5) is 34.8. The van der Waals surface area contributed by atoms with Gasteiger partial charge in [0.1, 0.15) is 11.6 Å². The third-order valence-corrected chi connectivity index (χ3v) is 5.85. The van der Waals surface area contributed by atoms with E-state index in [1.165, 1.54) is 11.0 Å². The van der Waals surface area contributed by atoms with Gasteiger partial charge in [-0.15, -0.1) is 0 Å². The average molecular weight is 408 g/mol. The van der Waals surface area contributed by atoms with Crippen LogP contribution >= 0.6 is 0 Å². The van der Waals surface area contributed by atoms with Crippen LogP contribution in [0.2, 0.25) is 0 Å². The van der Waals surface area contributed by atoms with E-state index in [0.717, 1.165) is 17.5 Å². The number of benzene rings is 2. The lowest BCUT2D eigenvalue weighted by Crippen LogP contribution is -2.38. The molecule has 1 aliphatic heterocycles. The minimum absolute atomic E-state index is 0.0630. The van der Waals surface area contributed by atoms with E-state index in [9.17, 15) is 14.0 Å². The summed E-state index contributed by atoms with van der Waals surface area (Å²) in [6.45, 7) is 4.29. The molecule has 6 nitrogen and oxygen atoms in total. The summed E-state index contributed by atoms with van der Waals surface area (Å²) >= 11 is 0. The number of nitrogens with zero attached hydrogens (tertiary/aromatic N) is 2. The van der Waals surface area contributed by atoms with Crippen molar-refractivity contribution in [2.75, 3.05) is 11.4 Å². The summed E-state index contributed by atoms with van der Waals surface area (Å²) in [6.07, 6.45) is 0.917. The van der Waals surface area contributed by atoms with Gasteiger partial charge in [0.05, 0.1) is 28.7 Å². The van der Waals surface area contributed by atoms with E-state index in [1.807, 2.05) is 24.3 Å². The van der Waals surface area contributed by atoms with Crippen LogP contribution in [-0.4, -0.2) is 28.3 Å². The smallest absolute Gasteiger partial charge is 0.227 e. The first-order valence-electron chi connectivity index (χ1n) is 10.3. The zero-order chi connectivity index (χ0) is 21.3. The number of anilines is 1. The van der Waals surface area contributed by atoms with E-state index in [-0.39, 0.29) is 42.4 Å². The first-order valence-corrected chi connectivity index (χ1v) is 10.3. The maximum absolute atomic E-state index is 14.1. The van der Waals surface area contributed by atoms with Gasteiger partial charge in [-0.1, -0.05) is 44.5 Å². The lowest BCUT2D eigenvalue weighted by molar-refractivity contribution is -0.127. The van der Waals surface area contributed by atoms with E-state index in [4.69, 9.17) is 0 Å².